The van der Waals surface area contributed by atoms with Crippen molar-refractivity contribution in [2.24, 2.45) is 11.7 Å². The number of rotatable bonds is 5. The van der Waals surface area contributed by atoms with E-state index in [1.54, 1.807) is 0 Å². The summed E-state index contributed by atoms with van der Waals surface area (Å²) in [4.78, 5) is 2.07. The molecule has 1 aliphatic rings. The first-order valence-corrected chi connectivity index (χ1v) is 5.47. The van der Waals surface area contributed by atoms with E-state index in [9.17, 15) is 13.2 Å². The van der Waals surface area contributed by atoms with Crippen molar-refractivity contribution >= 4 is 0 Å². The predicted octanol–water partition coefficient (Wildman–Crippen LogP) is 2.00. The van der Waals surface area contributed by atoms with Gasteiger partial charge in [0.05, 0.1) is 0 Å². The highest BCUT2D eigenvalue weighted by molar-refractivity contribution is 4.85. The summed E-state index contributed by atoms with van der Waals surface area (Å²) in [7, 11) is 0. The molecule has 0 aliphatic carbocycles. The first-order chi connectivity index (χ1) is 6.96. The Balaban J connectivity index is 2.33. The smallest absolute Gasteiger partial charge is 0.329 e. The van der Waals surface area contributed by atoms with Crippen molar-refractivity contribution in [1.29, 1.82) is 0 Å². The maximum atomic E-state index is 12.2. The van der Waals surface area contributed by atoms with Gasteiger partial charge in [0.2, 0.25) is 0 Å². The summed E-state index contributed by atoms with van der Waals surface area (Å²) >= 11 is 0. The average Bonchev–Trinajstić information content (AvgIpc) is 2.09. The first-order valence-electron chi connectivity index (χ1n) is 5.47. The van der Waals surface area contributed by atoms with Crippen LogP contribution < -0.4 is 5.73 Å². The van der Waals surface area contributed by atoms with Gasteiger partial charge in [-0.05, 0) is 12.3 Å². The molecule has 1 aliphatic heterocycles. The summed E-state index contributed by atoms with van der Waals surface area (Å²) < 4.78 is 36.6. The average molecular weight is 224 g/mol. The van der Waals surface area contributed by atoms with Gasteiger partial charge in [-0.2, -0.15) is 13.2 Å². The van der Waals surface area contributed by atoms with E-state index in [4.69, 9.17) is 5.73 Å². The fourth-order valence-corrected chi connectivity index (χ4v) is 2.00. The molecular weight excluding hydrogens is 205 g/mol. The van der Waals surface area contributed by atoms with Crippen LogP contribution >= 0.6 is 0 Å². The normalized spacial score (nSPS) is 25.0. The molecule has 2 nitrogen and oxygen atoms in total. The van der Waals surface area contributed by atoms with Gasteiger partial charge in [0.1, 0.15) is 0 Å². The number of nitrogens with two attached hydrogens (primary N) is 1. The van der Waals surface area contributed by atoms with Gasteiger partial charge in [-0.3, -0.25) is 4.90 Å². The largest absolute Gasteiger partial charge is 0.389 e. The van der Waals surface area contributed by atoms with E-state index in [1.807, 2.05) is 6.92 Å². The number of alkyl halides is 3. The zero-order chi connectivity index (χ0) is 11.5. The van der Waals surface area contributed by atoms with E-state index in [2.05, 4.69) is 4.90 Å². The lowest BCUT2D eigenvalue weighted by atomic mass is 9.96. The van der Waals surface area contributed by atoms with Crippen molar-refractivity contribution in [2.75, 3.05) is 19.6 Å². The van der Waals surface area contributed by atoms with Gasteiger partial charge in [0.15, 0.2) is 0 Å². The van der Waals surface area contributed by atoms with E-state index in [0.717, 1.165) is 13.0 Å². The molecule has 2 atom stereocenters. The van der Waals surface area contributed by atoms with E-state index in [1.165, 1.54) is 0 Å². The molecule has 0 aromatic rings. The minimum Gasteiger partial charge on any atom is -0.329 e. The Bertz CT molecular complexity index is 192. The minimum absolute atomic E-state index is 0.278. The molecule has 2 N–H and O–H groups in total. The van der Waals surface area contributed by atoms with Crippen molar-refractivity contribution in [3.8, 4) is 0 Å². The molecule has 5 heteroatoms. The van der Waals surface area contributed by atoms with Crippen LogP contribution in [0.5, 0.6) is 0 Å². The van der Waals surface area contributed by atoms with E-state index < -0.39 is 12.6 Å². The van der Waals surface area contributed by atoms with Crippen LogP contribution in [0, 0.1) is 5.92 Å². The lowest BCUT2D eigenvalue weighted by Gasteiger charge is -2.42. The summed E-state index contributed by atoms with van der Waals surface area (Å²) in [5, 5.41) is 0. The number of hydrogen-bond donors (Lipinski definition) is 1. The van der Waals surface area contributed by atoms with Crippen molar-refractivity contribution in [1.82, 2.24) is 4.90 Å². The predicted molar refractivity (Wildman–Crippen MR) is 53.5 cm³/mol. The van der Waals surface area contributed by atoms with Crippen LogP contribution in [0.2, 0.25) is 0 Å². The first kappa shape index (κ1) is 12.8. The van der Waals surface area contributed by atoms with Gasteiger partial charge >= 0.3 is 6.18 Å². The number of hydrogen-bond acceptors (Lipinski definition) is 2. The monoisotopic (exact) mass is 224 g/mol. The molecule has 0 aromatic carbocycles. The van der Waals surface area contributed by atoms with Gasteiger partial charge in [-0.1, -0.05) is 13.3 Å². The molecule has 1 heterocycles. The SMILES string of the molecule is CCC(CN1CCC1CN)CC(F)(F)F. The second-order valence-corrected chi connectivity index (χ2v) is 4.27. The Labute approximate surface area is 88.6 Å². The standard InChI is InChI=1S/C10H19F3N2/c1-2-8(5-10(11,12)13)7-15-4-3-9(15)6-14/h8-9H,2-7,14H2,1H3. The Hall–Kier alpha value is -0.290. The fraction of sp³-hybridized carbons (Fsp3) is 1.00. The summed E-state index contributed by atoms with van der Waals surface area (Å²) in [5.74, 6) is -0.278. The summed E-state index contributed by atoms with van der Waals surface area (Å²) in [6.07, 6.45) is -3.10. The van der Waals surface area contributed by atoms with E-state index in [-0.39, 0.29) is 5.92 Å². The zero-order valence-electron chi connectivity index (χ0n) is 9.06. The van der Waals surface area contributed by atoms with Crippen molar-refractivity contribution in [3.63, 3.8) is 0 Å². The third-order valence-electron chi connectivity index (χ3n) is 3.13. The maximum Gasteiger partial charge on any atom is 0.389 e. The molecule has 0 saturated carbocycles. The number of likely N-dealkylation sites (tertiary alicyclic amines) is 1. The van der Waals surface area contributed by atoms with E-state index in [0.29, 0.717) is 25.6 Å². The Morgan fingerprint density at radius 2 is 2.13 bits per heavy atom. The Kier molecular flexibility index (Phi) is 4.40. The molecule has 15 heavy (non-hydrogen) atoms. The van der Waals surface area contributed by atoms with E-state index >= 15 is 0 Å². The zero-order valence-corrected chi connectivity index (χ0v) is 9.06. The van der Waals surface area contributed by atoms with Crippen LogP contribution in [-0.2, 0) is 0 Å². The van der Waals surface area contributed by atoms with Gasteiger partial charge in [-0.25, -0.2) is 0 Å². The van der Waals surface area contributed by atoms with Crippen LogP contribution in [0.4, 0.5) is 13.2 Å². The molecular formula is C10H19F3N2. The Morgan fingerprint density at radius 3 is 2.47 bits per heavy atom. The van der Waals surface area contributed by atoms with Crippen LogP contribution in [0.15, 0.2) is 0 Å². The van der Waals surface area contributed by atoms with Crippen LogP contribution in [0.3, 0.4) is 0 Å². The molecule has 0 spiro atoms. The molecule has 0 aromatic heterocycles. The van der Waals surface area contributed by atoms with Crippen molar-refractivity contribution < 1.29 is 13.2 Å². The third-order valence-corrected chi connectivity index (χ3v) is 3.13. The van der Waals surface area contributed by atoms with Crippen molar-refractivity contribution in [2.45, 2.75) is 38.4 Å². The molecule has 0 bridgehead atoms. The lowest BCUT2D eigenvalue weighted by Crippen LogP contribution is -2.53. The highest BCUT2D eigenvalue weighted by Gasteiger charge is 2.34. The molecule has 1 fully saturated rings. The minimum atomic E-state index is -4.04. The van der Waals surface area contributed by atoms with Crippen molar-refractivity contribution in [3.05, 3.63) is 0 Å². The second kappa shape index (κ2) is 5.16. The summed E-state index contributed by atoms with van der Waals surface area (Å²) in [5.41, 5.74) is 5.50. The molecule has 1 saturated heterocycles. The molecule has 0 radical (unpaired) electrons. The summed E-state index contributed by atoms with van der Waals surface area (Å²) in [6.45, 7) is 3.81. The molecule has 2 unspecified atom stereocenters. The van der Waals surface area contributed by atoms with Gasteiger partial charge in [-0.15, -0.1) is 0 Å². The topological polar surface area (TPSA) is 29.3 Å². The van der Waals surface area contributed by atoms with Gasteiger partial charge < -0.3 is 5.73 Å². The van der Waals surface area contributed by atoms with Gasteiger partial charge in [0.25, 0.3) is 0 Å². The highest BCUT2D eigenvalue weighted by atomic mass is 19.4. The number of nitrogens with zero attached hydrogens (tertiary/aromatic N) is 1. The van der Waals surface area contributed by atoms with Gasteiger partial charge in [0, 0.05) is 32.1 Å². The second-order valence-electron chi connectivity index (χ2n) is 4.27. The highest BCUT2D eigenvalue weighted by Crippen LogP contribution is 2.29. The number of halogens is 3. The molecule has 0 amide bonds. The molecule has 1 rings (SSSR count). The Morgan fingerprint density at radius 1 is 1.47 bits per heavy atom. The summed E-state index contributed by atoms with van der Waals surface area (Å²) in [6, 6.07) is 0.312. The van der Waals surface area contributed by atoms with Crippen LogP contribution in [0.25, 0.3) is 0 Å². The third kappa shape index (κ3) is 3.99. The fourth-order valence-electron chi connectivity index (χ4n) is 2.00. The van der Waals surface area contributed by atoms with Crippen LogP contribution in [-0.4, -0.2) is 36.8 Å². The maximum absolute atomic E-state index is 12.2. The molecule has 90 valence electrons. The lowest BCUT2D eigenvalue weighted by molar-refractivity contribution is -0.147. The quantitative estimate of drug-likeness (QED) is 0.774. The van der Waals surface area contributed by atoms with Crippen LogP contribution in [0.1, 0.15) is 26.2 Å².